The van der Waals surface area contributed by atoms with Crippen molar-refractivity contribution < 1.29 is 13.5 Å². The van der Waals surface area contributed by atoms with E-state index >= 15 is 0 Å². The van der Waals surface area contributed by atoms with Crippen LogP contribution in [0.4, 0.5) is 8.78 Å². The molecule has 2 N–H and O–H groups in total. The van der Waals surface area contributed by atoms with E-state index in [1.807, 2.05) is 0 Å². The van der Waals surface area contributed by atoms with Gasteiger partial charge in [-0.15, -0.1) is 0 Å². The maximum Gasteiger partial charge on any atom is 0.257 e. The highest BCUT2D eigenvalue weighted by Gasteiger charge is 2.44. The first-order valence-electron chi connectivity index (χ1n) is 5.99. The van der Waals surface area contributed by atoms with Crippen LogP contribution >= 0.6 is 0 Å². The maximum atomic E-state index is 14.0. The second-order valence-electron chi connectivity index (χ2n) is 4.79. The highest BCUT2D eigenvalue weighted by atomic mass is 19.3. The molecule has 1 aromatic heterocycles. The van der Waals surface area contributed by atoms with Crippen molar-refractivity contribution >= 4 is 0 Å². The van der Waals surface area contributed by atoms with E-state index in [0.717, 1.165) is 0 Å². The topological polar surface area (TPSA) is 54.1 Å². The van der Waals surface area contributed by atoms with Crippen molar-refractivity contribution in [3.05, 3.63) is 33.2 Å². The summed E-state index contributed by atoms with van der Waals surface area (Å²) in [6, 6.07) is 0. The minimum atomic E-state index is -2.74. The van der Waals surface area contributed by atoms with Gasteiger partial charge in [-0.25, -0.2) is 8.78 Å². The number of ether oxygens (including phenoxy) is 1. The number of aromatic amines is 1. The zero-order valence-corrected chi connectivity index (χ0v) is 9.76. The van der Waals surface area contributed by atoms with E-state index in [0.29, 0.717) is 23.2 Å². The Hall–Kier alpha value is -1.27. The van der Waals surface area contributed by atoms with Crippen molar-refractivity contribution in [3.63, 3.8) is 0 Å². The molecule has 6 heteroatoms. The Morgan fingerprint density at radius 1 is 1.33 bits per heavy atom. The fourth-order valence-electron chi connectivity index (χ4n) is 2.68. The molecule has 98 valence electrons. The standard InChI is InChI=1S/C12H14F2N2O2/c13-12(14)1-2-15-4-10(12)7-3-16-11(17)9-6-18-5-8(7)9/h3,10,15H,1-2,4-6H2,(H,16,17). The highest BCUT2D eigenvalue weighted by Crippen LogP contribution is 2.40. The summed E-state index contributed by atoms with van der Waals surface area (Å²) in [6.45, 7) is 1.02. The molecule has 1 saturated heterocycles. The number of alkyl halides is 2. The van der Waals surface area contributed by atoms with Gasteiger partial charge in [-0.3, -0.25) is 4.79 Å². The number of H-pyrrole nitrogens is 1. The largest absolute Gasteiger partial charge is 0.372 e. The molecule has 1 aromatic rings. The number of aromatic nitrogens is 1. The lowest BCUT2D eigenvalue weighted by atomic mass is 9.85. The molecule has 4 nitrogen and oxygen atoms in total. The number of nitrogens with one attached hydrogen (secondary N) is 2. The molecule has 18 heavy (non-hydrogen) atoms. The molecule has 3 heterocycles. The number of rotatable bonds is 1. The third-order valence-corrected chi connectivity index (χ3v) is 3.71. The molecule has 0 radical (unpaired) electrons. The lowest BCUT2D eigenvalue weighted by molar-refractivity contribution is -0.0484. The minimum Gasteiger partial charge on any atom is -0.372 e. The fraction of sp³-hybridized carbons (Fsp3) is 0.583. The van der Waals surface area contributed by atoms with Gasteiger partial charge in [0.05, 0.1) is 19.1 Å². The van der Waals surface area contributed by atoms with Crippen LogP contribution in [-0.4, -0.2) is 24.0 Å². The summed E-state index contributed by atoms with van der Waals surface area (Å²) in [7, 11) is 0. The Labute approximate surface area is 102 Å². The number of pyridine rings is 1. The van der Waals surface area contributed by atoms with Crippen LogP contribution in [0.1, 0.15) is 29.0 Å². The van der Waals surface area contributed by atoms with Crippen LogP contribution in [0.15, 0.2) is 11.0 Å². The van der Waals surface area contributed by atoms with Crippen molar-refractivity contribution in [2.24, 2.45) is 0 Å². The first kappa shape index (κ1) is 11.8. The summed E-state index contributed by atoms with van der Waals surface area (Å²) in [5.74, 6) is -3.63. The molecule has 0 spiro atoms. The van der Waals surface area contributed by atoms with Crippen LogP contribution < -0.4 is 10.9 Å². The van der Waals surface area contributed by atoms with Crippen molar-refractivity contribution in [1.82, 2.24) is 10.3 Å². The number of hydrogen-bond donors (Lipinski definition) is 2. The second-order valence-corrected chi connectivity index (χ2v) is 4.79. The normalized spacial score (nSPS) is 26.0. The van der Waals surface area contributed by atoms with Crippen LogP contribution in [0.3, 0.4) is 0 Å². The molecule has 0 aromatic carbocycles. The molecule has 1 fully saturated rings. The lowest BCUT2D eigenvalue weighted by Gasteiger charge is -2.33. The molecule has 0 bridgehead atoms. The summed E-state index contributed by atoms with van der Waals surface area (Å²) in [4.78, 5) is 14.1. The van der Waals surface area contributed by atoms with Crippen LogP contribution in [0.5, 0.6) is 0 Å². The van der Waals surface area contributed by atoms with Crippen molar-refractivity contribution in [1.29, 1.82) is 0 Å². The zero-order valence-electron chi connectivity index (χ0n) is 9.76. The second kappa shape index (κ2) is 4.13. The van der Waals surface area contributed by atoms with E-state index < -0.39 is 11.8 Å². The van der Waals surface area contributed by atoms with Gasteiger partial charge in [0.1, 0.15) is 0 Å². The molecule has 3 rings (SSSR count). The van der Waals surface area contributed by atoms with Gasteiger partial charge in [-0.05, 0) is 11.1 Å². The van der Waals surface area contributed by atoms with Gasteiger partial charge < -0.3 is 15.0 Å². The van der Waals surface area contributed by atoms with E-state index in [1.165, 1.54) is 6.20 Å². The van der Waals surface area contributed by atoms with Gasteiger partial charge in [0.25, 0.3) is 11.5 Å². The maximum absolute atomic E-state index is 14.0. The SMILES string of the molecule is O=c1[nH]cc(C2CNCCC2(F)F)c2c1COC2. The third-order valence-electron chi connectivity index (χ3n) is 3.71. The van der Waals surface area contributed by atoms with E-state index in [1.54, 1.807) is 0 Å². The summed E-state index contributed by atoms with van der Waals surface area (Å²) in [5.41, 5.74) is 1.42. The van der Waals surface area contributed by atoms with Crippen LogP contribution in [-0.2, 0) is 18.0 Å². The summed E-state index contributed by atoms with van der Waals surface area (Å²) in [6.07, 6.45) is 1.24. The molecule has 0 aliphatic carbocycles. The molecule has 0 saturated carbocycles. The molecular formula is C12H14F2N2O2. The molecule has 2 aliphatic heterocycles. The quantitative estimate of drug-likeness (QED) is 0.791. The van der Waals surface area contributed by atoms with Crippen LogP contribution in [0, 0.1) is 0 Å². The lowest BCUT2D eigenvalue weighted by Crippen LogP contribution is -2.43. The monoisotopic (exact) mass is 256 g/mol. The Bertz CT molecular complexity index is 527. The van der Waals surface area contributed by atoms with Gasteiger partial charge in [-0.2, -0.15) is 0 Å². The van der Waals surface area contributed by atoms with Crippen molar-refractivity contribution in [2.75, 3.05) is 13.1 Å². The summed E-state index contributed by atoms with van der Waals surface area (Å²) >= 11 is 0. The van der Waals surface area contributed by atoms with Gasteiger partial charge in [0.2, 0.25) is 0 Å². The number of halogens is 2. The smallest absolute Gasteiger partial charge is 0.257 e. The van der Waals surface area contributed by atoms with Crippen LogP contribution in [0.25, 0.3) is 0 Å². The minimum absolute atomic E-state index is 0.174. The molecular weight excluding hydrogens is 242 g/mol. The average molecular weight is 256 g/mol. The molecule has 1 atom stereocenters. The van der Waals surface area contributed by atoms with Gasteiger partial charge >= 0.3 is 0 Å². The van der Waals surface area contributed by atoms with Gasteiger partial charge in [-0.1, -0.05) is 0 Å². The molecule has 0 amide bonds. The Morgan fingerprint density at radius 3 is 2.89 bits per heavy atom. The Morgan fingerprint density at radius 2 is 2.11 bits per heavy atom. The van der Waals surface area contributed by atoms with E-state index in [4.69, 9.17) is 4.74 Å². The van der Waals surface area contributed by atoms with E-state index in [2.05, 4.69) is 10.3 Å². The number of fused-ring (bicyclic) bond motifs is 1. The van der Waals surface area contributed by atoms with E-state index in [9.17, 15) is 13.6 Å². The van der Waals surface area contributed by atoms with Gasteiger partial charge in [0.15, 0.2) is 0 Å². The molecule has 1 unspecified atom stereocenters. The predicted molar refractivity (Wildman–Crippen MR) is 60.7 cm³/mol. The zero-order chi connectivity index (χ0) is 12.8. The summed E-state index contributed by atoms with van der Waals surface area (Å²) < 4.78 is 33.1. The van der Waals surface area contributed by atoms with E-state index in [-0.39, 0.29) is 31.7 Å². The van der Waals surface area contributed by atoms with Crippen molar-refractivity contribution in [2.45, 2.75) is 31.5 Å². The molecule has 2 aliphatic rings. The fourth-order valence-corrected chi connectivity index (χ4v) is 2.68. The summed E-state index contributed by atoms with van der Waals surface area (Å²) in [5, 5.41) is 2.98. The predicted octanol–water partition coefficient (Wildman–Crippen LogP) is 1.12. The third kappa shape index (κ3) is 1.76. The number of hydrogen-bond acceptors (Lipinski definition) is 3. The first-order valence-corrected chi connectivity index (χ1v) is 5.99. The Kier molecular flexibility index (Phi) is 2.71. The first-order chi connectivity index (χ1) is 8.59. The average Bonchev–Trinajstić information content (AvgIpc) is 2.80. The van der Waals surface area contributed by atoms with Gasteiger partial charge in [0, 0.05) is 31.3 Å². The highest BCUT2D eigenvalue weighted by molar-refractivity contribution is 5.37. The Balaban J connectivity index is 2.07. The van der Waals surface area contributed by atoms with Crippen molar-refractivity contribution in [3.8, 4) is 0 Å². The number of piperidine rings is 1. The van der Waals surface area contributed by atoms with Crippen LogP contribution in [0.2, 0.25) is 0 Å².